The lowest BCUT2D eigenvalue weighted by Crippen LogP contribution is -2.04. The van der Waals surface area contributed by atoms with Crippen molar-refractivity contribution in [1.82, 2.24) is 19.5 Å². The largest absolute Gasteiger partial charge is 0.365 e. The van der Waals surface area contributed by atoms with Gasteiger partial charge in [0.2, 0.25) is 0 Å². The first-order valence-electron chi connectivity index (χ1n) is 10.0. The van der Waals surface area contributed by atoms with Crippen LogP contribution in [-0.4, -0.2) is 19.5 Å². The summed E-state index contributed by atoms with van der Waals surface area (Å²) < 4.78 is 15.8. The van der Waals surface area contributed by atoms with Crippen LogP contribution >= 0.6 is 0 Å². The molecule has 0 saturated carbocycles. The molecule has 5 rings (SSSR count). The molecule has 2 heterocycles. The summed E-state index contributed by atoms with van der Waals surface area (Å²) in [6, 6.07) is 21.3. The van der Waals surface area contributed by atoms with Crippen LogP contribution in [-0.2, 0) is 13.1 Å². The number of nitrogens with zero attached hydrogens (tertiary/aromatic N) is 4. The Bertz CT molecular complexity index is 1310. The van der Waals surface area contributed by atoms with E-state index in [1.165, 1.54) is 24.0 Å². The second kappa shape index (κ2) is 8.36. The monoisotopic (exact) mass is 409 g/mol. The van der Waals surface area contributed by atoms with Gasteiger partial charge in [0, 0.05) is 30.9 Å². The molecule has 0 amide bonds. The molecule has 0 atom stereocenters. The summed E-state index contributed by atoms with van der Waals surface area (Å²) in [7, 11) is 0. The Labute approximate surface area is 179 Å². The van der Waals surface area contributed by atoms with Crippen LogP contribution in [0.15, 0.2) is 91.8 Å². The van der Waals surface area contributed by atoms with Crippen LogP contribution in [0.3, 0.4) is 0 Å². The van der Waals surface area contributed by atoms with Gasteiger partial charge in [0.1, 0.15) is 18.0 Å². The highest BCUT2D eigenvalue weighted by molar-refractivity contribution is 5.88. The molecule has 5 nitrogen and oxygen atoms in total. The van der Waals surface area contributed by atoms with Gasteiger partial charge in [0.25, 0.3) is 0 Å². The number of nitrogens with one attached hydrogen (secondary N) is 1. The minimum Gasteiger partial charge on any atom is -0.365 e. The number of hydrogen-bond donors (Lipinski definition) is 1. The minimum absolute atomic E-state index is 0.304. The van der Waals surface area contributed by atoms with Crippen molar-refractivity contribution in [1.29, 1.82) is 0 Å². The molecule has 0 radical (unpaired) electrons. The smallest absolute Gasteiger partial charge is 0.137 e. The second-order valence-electron chi connectivity index (χ2n) is 7.33. The third-order valence-electron chi connectivity index (χ3n) is 5.25. The van der Waals surface area contributed by atoms with Crippen molar-refractivity contribution in [2.45, 2.75) is 13.1 Å². The maximum Gasteiger partial charge on any atom is 0.137 e. The number of fused-ring (bicyclic) bond motifs is 1. The second-order valence-corrected chi connectivity index (χ2v) is 7.33. The van der Waals surface area contributed by atoms with E-state index in [-0.39, 0.29) is 5.82 Å². The van der Waals surface area contributed by atoms with Crippen LogP contribution in [0, 0.1) is 5.82 Å². The molecule has 152 valence electrons. The van der Waals surface area contributed by atoms with E-state index in [1.807, 2.05) is 29.2 Å². The highest BCUT2D eigenvalue weighted by atomic mass is 19.1. The van der Waals surface area contributed by atoms with Gasteiger partial charge in [-0.2, -0.15) is 0 Å². The van der Waals surface area contributed by atoms with Gasteiger partial charge in [-0.25, -0.2) is 19.3 Å². The summed E-state index contributed by atoms with van der Waals surface area (Å²) in [6.07, 6.45) is 7.05. The lowest BCUT2D eigenvalue weighted by atomic mass is 9.98. The van der Waals surface area contributed by atoms with Crippen LogP contribution in [0.1, 0.15) is 11.1 Å². The Kier molecular flexibility index (Phi) is 5.10. The molecule has 3 aromatic carbocycles. The third kappa shape index (κ3) is 4.14. The first-order valence-corrected chi connectivity index (χ1v) is 10.0. The summed E-state index contributed by atoms with van der Waals surface area (Å²) in [4.78, 5) is 12.6. The van der Waals surface area contributed by atoms with Gasteiger partial charge >= 0.3 is 0 Å². The fraction of sp³-hybridized carbons (Fsp3) is 0.0800. The standard InChI is InChI=1S/C25H20FN5/c26-21-9-10-24-23(13-21)25(30-16-29-24)28-14-20-3-1-2-4-22(20)19-7-5-18(6-8-19)15-31-12-11-27-17-31/h1-13,16-17H,14-15H2,(H,28,29,30). The van der Waals surface area contributed by atoms with Crippen molar-refractivity contribution in [3.05, 3.63) is 109 Å². The van der Waals surface area contributed by atoms with Crippen LogP contribution in [0.4, 0.5) is 10.2 Å². The molecule has 0 unspecified atom stereocenters. The average Bonchev–Trinajstić information content (AvgIpc) is 3.31. The van der Waals surface area contributed by atoms with Gasteiger partial charge < -0.3 is 9.88 Å². The highest BCUT2D eigenvalue weighted by Gasteiger charge is 2.08. The van der Waals surface area contributed by atoms with Crippen LogP contribution < -0.4 is 5.32 Å². The number of benzene rings is 3. The minimum atomic E-state index is -0.304. The summed E-state index contributed by atoms with van der Waals surface area (Å²) in [5, 5.41) is 4.02. The number of hydrogen-bond acceptors (Lipinski definition) is 4. The molecule has 6 heteroatoms. The van der Waals surface area contributed by atoms with E-state index >= 15 is 0 Å². The van der Waals surface area contributed by atoms with Gasteiger partial charge in [-0.3, -0.25) is 0 Å². The fourth-order valence-electron chi connectivity index (χ4n) is 3.69. The van der Waals surface area contributed by atoms with Gasteiger partial charge in [-0.05, 0) is 40.5 Å². The predicted molar refractivity (Wildman–Crippen MR) is 120 cm³/mol. The Morgan fingerprint density at radius 3 is 2.65 bits per heavy atom. The first kappa shape index (κ1) is 18.9. The van der Waals surface area contributed by atoms with E-state index in [0.29, 0.717) is 23.3 Å². The summed E-state index contributed by atoms with van der Waals surface area (Å²) in [5.41, 5.74) is 5.35. The van der Waals surface area contributed by atoms with Crippen LogP contribution in [0.25, 0.3) is 22.0 Å². The number of rotatable bonds is 6. The van der Waals surface area contributed by atoms with Crippen molar-refractivity contribution in [2.24, 2.45) is 0 Å². The third-order valence-corrected chi connectivity index (χ3v) is 5.25. The average molecular weight is 409 g/mol. The molecule has 1 N–H and O–H groups in total. The highest BCUT2D eigenvalue weighted by Crippen LogP contribution is 2.26. The SMILES string of the molecule is Fc1ccc2ncnc(NCc3ccccc3-c3ccc(Cn4ccnc4)cc3)c2c1. The summed E-state index contributed by atoms with van der Waals surface area (Å²) in [5.74, 6) is 0.316. The molecule has 0 spiro atoms. The van der Waals surface area contributed by atoms with Gasteiger partial charge in [-0.1, -0.05) is 48.5 Å². The van der Waals surface area contributed by atoms with Gasteiger partial charge in [-0.15, -0.1) is 0 Å². The van der Waals surface area contributed by atoms with Crippen molar-refractivity contribution < 1.29 is 4.39 Å². The molecule has 2 aromatic heterocycles. The van der Waals surface area contributed by atoms with E-state index in [4.69, 9.17) is 0 Å². The van der Waals surface area contributed by atoms with Gasteiger partial charge in [0.15, 0.2) is 0 Å². The Balaban J connectivity index is 1.38. The summed E-state index contributed by atoms with van der Waals surface area (Å²) >= 11 is 0. The molecular formula is C25H20FN5. The molecule has 0 saturated heterocycles. The van der Waals surface area contributed by atoms with Crippen molar-refractivity contribution in [3.8, 4) is 11.1 Å². The zero-order chi connectivity index (χ0) is 21.0. The zero-order valence-electron chi connectivity index (χ0n) is 16.7. The van der Waals surface area contributed by atoms with E-state index in [1.54, 1.807) is 12.3 Å². The van der Waals surface area contributed by atoms with Crippen LogP contribution in [0.2, 0.25) is 0 Å². The quantitative estimate of drug-likeness (QED) is 0.414. The molecule has 31 heavy (non-hydrogen) atoms. The Morgan fingerprint density at radius 2 is 1.81 bits per heavy atom. The molecule has 0 aliphatic heterocycles. The molecule has 5 aromatic rings. The number of anilines is 1. The molecular weight excluding hydrogens is 389 g/mol. The van der Waals surface area contributed by atoms with Crippen molar-refractivity contribution in [2.75, 3.05) is 5.32 Å². The van der Waals surface area contributed by atoms with Crippen molar-refractivity contribution in [3.63, 3.8) is 0 Å². The summed E-state index contributed by atoms with van der Waals surface area (Å²) in [6.45, 7) is 1.36. The fourth-order valence-corrected chi connectivity index (χ4v) is 3.69. The molecule has 0 bridgehead atoms. The number of imidazole rings is 1. The Hall–Kier alpha value is -4.06. The van der Waals surface area contributed by atoms with E-state index in [9.17, 15) is 4.39 Å². The lowest BCUT2D eigenvalue weighted by Gasteiger charge is -2.13. The molecule has 0 fully saturated rings. The lowest BCUT2D eigenvalue weighted by molar-refractivity contribution is 0.629. The maximum atomic E-state index is 13.7. The Morgan fingerprint density at radius 1 is 0.935 bits per heavy atom. The maximum absolute atomic E-state index is 13.7. The van der Waals surface area contributed by atoms with E-state index in [0.717, 1.165) is 23.2 Å². The van der Waals surface area contributed by atoms with Crippen LogP contribution in [0.5, 0.6) is 0 Å². The molecule has 0 aliphatic carbocycles. The molecule has 0 aliphatic rings. The normalized spacial score (nSPS) is 11.0. The van der Waals surface area contributed by atoms with E-state index in [2.05, 4.69) is 56.7 Å². The van der Waals surface area contributed by atoms with Crippen molar-refractivity contribution >= 4 is 16.7 Å². The number of aromatic nitrogens is 4. The topological polar surface area (TPSA) is 55.6 Å². The first-order chi connectivity index (χ1) is 15.3. The van der Waals surface area contributed by atoms with E-state index < -0.39 is 0 Å². The zero-order valence-corrected chi connectivity index (χ0v) is 16.7. The predicted octanol–water partition coefficient (Wildman–Crippen LogP) is 5.29. The number of halogens is 1. The van der Waals surface area contributed by atoms with Gasteiger partial charge in [0.05, 0.1) is 11.8 Å².